The molecule has 2 aromatic heterocycles. The second-order valence-corrected chi connectivity index (χ2v) is 5.59. The Morgan fingerprint density at radius 2 is 2.19 bits per heavy atom. The first kappa shape index (κ1) is 18.0. The predicted octanol–water partition coefficient (Wildman–Crippen LogP) is 3.25. The number of nitrogens with one attached hydrogen (secondary N) is 1. The summed E-state index contributed by atoms with van der Waals surface area (Å²) in [6.45, 7) is 1.78. The third kappa shape index (κ3) is 6.09. The normalized spacial score (nSPS) is 11.0. The molecule has 1 N–H and O–H groups in total. The van der Waals surface area contributed by atoms with Crippen LogP contribution in [0.5, 0.6) is 0 Å². The molecule has 0 unspecified atom stereocenters. The van der Waals surface area contributed by atoms with E-state index in [1.54, 1.807) is 17.6 Å². The maximum absolute atomic E-state index is 5.31. The molecular weight excluding hydrogens is 397 g/mol. The SMILES string of the molecule is CN=C(NCCc1ccco1)N(C)CCc1cccs1.I. The van der Waals surface area contributed by atoms with Crippen molar-refractivity contribution in [1.29, 1.82) is 0 Å². The van der Waals surface area contributed by atoms with Crippen LogP contribution in [-0.2, 0) is 12.8 Å². The molecular formula is C15H22IN3OS. The first-order chi connectivity index (χ1) is 9.79. The number of aliphatic imine (C=N–C) groups is 1. The predicted molar refractivity (Wildman–Crippen MR) is 99.8 cm³/mol. The number of likely N-dealkylation sites (N-methyl/N-ethyl adjacent to an activating group) is 1. The van der Waals surface area contributed by atoms with Crippen molar-refractivity contribution in [3.8, 4) is 0 Å². The Balaban J connectivity index is 0.00000220. The quantitative estimate of drug-likeness (QED) is 0.444. The lowest BCUT2D eigenvalue weighted by atomic mass is 10.3. The van der Waals surface area contributed by atoms with Crippen molar-refractivity contribution in [3.05, 3.63) is 46.5 Å². The zero-order chi connectivity index (χ0) is 14.2. The molecule has 0 radical (unpaired) electrons. The van der Waals surface area contributed by atoms with Crippen molar-refractivity contribution in [1.82, 2.24) is 10.2 Å². The molecule has 2 aromatic rings. The molecule has 2 heterocycles. The third-order valence-electron chi connectivity index (χ3n) is 3.08. The number of nitrogens with zero attached hydrogens (tertiary/aromatic N) is 2. The van der Waals surface area contributed by atoms with Gasteiger partial charge in [-0.1, -0.05) is 6.07 Å². The van der Waals surface area contributed by atoms with Crippen LogP contribution in [0, 0.1) is 0 Å². The fourth-order valence-corrected chi connectivity index (χ4v) is 2.67. The van der Waals surface area contributed by atoms with Crippen molar-refractivity contribution in [2.75, 3.05) is 27.2 Å². The number of halogens is 1. The average Bonchev–Trinajstić information content (AvgIpc) is 3.14. The summed E-state index contributed by atoms with van der Waals surface area (Å²) in [4.78, 5) is 7.87. The molecule has 116 valence electrons. The molecule has 2 rings (SSSR count). The molecule has 0 saturated carbocycles. The Morgan fingerprint density at radius 3 is 2.81 bits per heavy atom. The molecule has 0 aliphatic rings. The van der Waals surface area contributed by atoms with Crippen LogP contribution in [0.25, 0.3) is 0 Å². The van der Waals surface area contributed by atoms with Gasteiger partial charge in [0, 0.05) is 38.5 Å². The largest absolute Gasteiger partial charge is 0.469 e. The minimum absolute atomic E-state index is 0. The first-order valence-electron chi connectivity index (χ1n) is 6.76. The Morgan fingerprint density at radius 1 is 1.33 bits per heavy atom. The van der Waals surface area contributed by atoms with Gasteiger partial charge in [-0.15, -0.1) is 35.3 Å². The highest BCUT2D eigenvalue weighted by atomic mass is 127. The molecule has 0 saturated heterocycles. The van der Waals surface area contributed by atoms with E-state index in [4.69, 9.17) is 4.42 Å². The van der Waals surface area contributed by atoms with Gasteiger partial charge in [-0.05, 0) is 30.0 Å². The number of furan rings is 1. The third-order valence-corrected chi connectivity index (χ3v) is 4.02. The monoisotopic (exact) mass is 419 g/mol. The van der Waals surface area contributed by atoms with Gasteiger partial charge in [0.15, 0.2) is 5.96 Å². The molecule has 0 bridgehead atoms. The molecule has 6 heteroatoms. The summed E-state index contributed by atoms with van der Waals surface area (Å²) >= 11 is 1.80. The summed E-state index contributed by atoms with van der Waals surface area (Å²) in [7, 11) is 3.88. The number of thiophene rings is 1. The van der Waals surface area contributed by atoms with Crippen LogP contribution in [0.15, 0.2) is 45.3 Å². The Kier molecular flexibility index (Phi) is 8.44. The summed E-state index contributed by atoms with van der Waals surface area (Å²) in [5.74, 6) is 1.92. The van der Waals surface area contributed by atoms with Crippen molar-refractivity contribution < 1.29 is 4.42 Å². The van der Waals surface area contributed by atoms with Crippen LogP contribution in [0.4, 0.5) is 0 Å². The highest BCUT2D eigenvalue weighted by Crippen LogP contribution is 2.09. The van der Waals surface area contributed by atoms with E-state index < -0.39 is 0 Å². The minimum Gasteiger partial charge on any atom is -0.469 e. The average molecular weight is 419 g/mol. The zero-order valence-corrected chi connectivity index (χ0v) is 15.6. The molecule has 0 spiro atoms. The van der Waals surface area contributed by atoms with Gasteiger partial charge in [-0.2, -0.15) is 0 Å². The van der Waals surface area contributed by atoms with Gasteiger partial charge in [0.1, 0.15) is 5.76 Å². The molecule has 0 aliphatic carbocycles. The van der Waals surface area contributed by atoms with E-state index in [2.05, 4.69) is 39.8 Å². The van der Waals surface area contributed by atoms with E-state index in [0.717, 1.165) is 37.7 Å². The Labute approximate surface area is 147 Å². The van der Waals surface area contributed by atoms with Gasteiger partial charge >= 0.3 is 0 Å². The van der Waals surface area contributed by atoms with Crippen molar-refractivity contribution in [2.45, 2.75) is 12.8 Å². The van der Waals surface area contributed by atoms with Crippen LogP contribution >= 0.6 is 35.3 Å². The summed E-state index contributed by atoms with van der Waals surface area (Å²) in [5.41, 5.74) is 0. The summed E-state index contributed by atoms with van der Waals surface area (Å²) in [6, 6.07) is 8.17. The maximum Gasteiger partial charge on any atom is 0.193 e. The number of guanidine groups is 1. The fourth-order valence-electron chi connectivity index (χ4n) is 1.98. The molecule has 0 atom stereocenters. The lowest BCUT2D eigenvalue weighted by Gasteiger charge is -2.21. The van der Waals surface area contributed by atoms with Gasteiger partial charge in [0.2, 0.25) is 0 Å². The van der Waals surface area contributed by atoms with E-state index >= 15 is 0 Å². The van der Waals surface area contributed by atoms with E-state index in [0.29, 0.717) is 0 Å². The Bertz CT molecular complexity index is 511. The smallest absolute Gasteiger partial charge is 0.193 e. The number of hydrogen-bond donors (Lipinski definition) is 1. The van der Waals surface area contributed by atoms with Crippen molar-refractivity contribution in [2.24, 2.45) is 4.99 Å². The van der Waals surface area contributed by atoms with Gasteiger partial charge < -0.3 is 14.6 Å². The van der Waals surface area contributed by atoms with Gasteiger partial charge in [-0.3, -0.25) is 4.99 Å². The highest BCUT2D eigenvalue weighted by Gasteiger charge is 2.06. The second kappa shape index (κ2) is 9.83. The summed E-state index contributed by atoms with van der Waals surface area (Å²) < 4.78 is 5.31. The van der Waals surface area contributed by atoms with Gasteiger partial charge in [0.25, 0.3) is 0 Å². The minimum atomic E-state index is 0. The Hall–Kier alpha value is -1.02. The lowest BCUT2D eigenvalue weighted by Crippen LogP contribution is -2.40. The van der Waals surface area contributed by atoms with Crippen LogP contribution in [0.3, 0.4) is 0 Å². The van der Waals surface area contributed by atoms with Crippen LogP contribution in [0.2, 0.25) is 0 Å². The molecule has 0 fully saturated rings. The standard InChI is InChI=1S/C15H21N3OS.HI/c1-16-15(17-9-7-13-5-3-11-19-13)18(2)10-8-14-6-4-12-20-14;/h3-6,11-12H,7-10H2,1-2H3,(H,16,17);1H. The molecule has 0 aliphatic heterocycles. The van der Waals surface area contributed by atoms with Crippen LogP contribution in [-0.4, -0.2) is 38.0 Å². The topological polar surface area (TPSA) is 40.8 Å². The van der Waals surface area contributed by atoms with Crippen molar-refractivity contribution in [3.63, 3.8) is 0 Å². The molecule has 0 aromatic carbocycles. The lowest BCUT2D eigenvalue weighted by molar-refractivity contribution is 0.477. The summed E-state index contributed by atoms with van der Waals surface area (Å²) in [5, 5.41) is 5.47. The zero-order valence-electron chi connectivity index (χ0n) is 12.4. The highest BCUT2D eigenvalue weighted by molar-refractivity contribution is 14.0. The van der Waals surface area contributed by atoms with E-state index in [9.17, 15) is 0 Å². The molecule has 0 amide bonds. The number of hydrogen-bond acceptors (Lipinski definition) is 3. The summed E-state index contributed by atoms with van der Waals surface area (Å²) in [6.07, 6.45) is 3.62. The molecule has 4 nitrogen and oxygen atoms in total. The molecule has 21 heavy (non-hydrogen) atoms. The van der Waals surface area contributed by atoms with E-state index in [1.165, 1.54) is 4.88 Å². The fraction of sp³-hybridized carbons (Fsp3) is 0.400. The van der Waals surface area contributed by atoms with Gasteiger partial charge in [0.05, 0.1) is 6.26 Å². The second-order valence-electron chi connectivity index (χ2n) is 4.55. The van der Waals surface area contributed by atoms with Crippen molar-refractivity contribution >= 4 is 41.3 Å². The first-order valence-corrected chi connectivity index (χ1v) is 7.64. The van der Waals surface area contributed by atoms with Crippen LogP contribution < -0.4 is 5.32 Å². The van der Waals surface area contributed by atoms with Crippen LogP contribution in [0.1, 0.15) is 10.6 Å². The maximum atomic E-state index is 5.31. The van der Waals surface area contributed by atoms with E-state index in [1.807, 2.05) is 19.2 Å². The van der Waals surface area contributed by atoms with E-state index in [-0.39, 0.29) is 24.0 Å². The number of rotatable bonds is 6. The van der Waals surface area contributed by atoms with Gasteiger partial charge in [-0.25, -0.2) is 0 Å².